The van der Waals surface area contributed by atoms with Gasteiger partial charge in [-0.05, 0) is 6.07 Å². The van der Waals surface area contributed by atoms with Gasteiger partial charge < -0.3 is 5.32 Å². The van der Waals surface area contributed by atoms with Gasteiger partial charge in [0.15, 0.2) is 0 Å². The van der Waals surface area contributed by atoms with E-state index in [4.69, 9.17) is 11.6 Å². The predicted molar refractivity (Wildman–Crippen MR) is 75.0 cm³/mol. The number of hydrogen-bond acceptors (Lipinski definition) is 5. The normalized spacial score (nSPS) is 11.0. The largest absolute Gasteiger partial charge is 0.309 e. The van der Waals surface area contributed by atoms with Crippen LogP contribution < -0.4 is 5.32 Å². The maximum absolute atomic E-state index is 10.8. The molecule has 0 atom stereocenters. The quantitative estimate of drug-likeness (QED) is 0.676. The average molecular weight is 296 g/mol. The van der Waals surface area contributed by atoms with E-state index >= 15 is 0 Å². The highest BCUT2D eigenvalue weighted by molar-refractivity contribution is 6.32. The summed E-state index contributed by atoms with van der Waals surface area (Å²) in [6.07, 6.45) is 1.69. The number of nitro groups is 1. The lowest BCUT2D eigenvalue weighted by Crippen LogP contribution is -2.21. The molecule has 8 heteroatoms. The van der Waals surface area contributed by atoms with E-state index in [1.165, 1.54) is 22.9 Å². The summed E-state index contributed by atoms with van der Waals surface area (Å²) in [6, 6.07) is 4.53. The molecular weight excluding hydrogens is 282 g/mol. The summed E-state index contributed by atoms with van der Waals surface area (Å²) in [5.74, 6) is 0. The summed E-state index contributed by atoms with van der Waals surface area (Å²) < 4.78 is 1.44. The molecule has 0 bridgehead atoms. The number of non-ortho nitro benzene ring substituents is 1. The fourth-order valence-corrected chi connectivity index (χ4v) is 1.80. The van der Waals surface area contributed by atoms with E-state index in [-0.39, 0.29) is 5.69 Å². The Kier molecular flexibility index (Phi) is 4.31. The van der Waals surface area contributed by atoms with Gasteiger partial charge in [-0.15, -0.1) is 5.10 Å². The second kappa shape index (κ2) is 5.98. The summed E-state index contributed by atoms with van der Waals surface area (Å²) in [4.78, 5) is 10.3. The van der Waals surface area contributed by atoms with Gasteiger partial charge in [-0.1, -0.05) is 30.7 Å². The first-order valence-electron chi connectivity index (χ1n) is 6.06. The third-order valence-electron chi connectivity index (χ3n) is 2.62. The van der Waals surface area contributed by atoms with Gasteiger partial charge in [0.05, 0.1) is 27.5 Å². The third-order valence-corrected chi connectivity index (χ3v) is 2.94. The minimum absolute atomic E-state index is 0.0400. The number of nitrogens with zero attached hydrogens (tertiary/aromatic N) is 4. The molecule has 20 heavy (non-hydrogen) atoms. The van der Waals surface area contributed by atoms with Crippen molar-refractivity contribution in [3.05, 3.63) is 45.2 Å². The summed E-state index contributed by atoms with van der Waals surface area (Å²) in [5.41, 5.74) is 1.13. The van der Waals surface area contributed by atoms with Crippen molar-refractivity contribution in [3.63, 3.8) is 0 Å². The molecule has 2 rings (SSSR count). The molecule has 0 fully saturated rings. The fourth-order valence-electron chi connectivity index (χ4n) is 1.60. The second-order valence-electron chi connectivity index (χ2n) is 4.58. The maximum Gasteiger partial charge on any atom is 0.271 e. The first-order chi connectivity index (χ1) is 9.47. The average Bonchev–Trinajstić information content (AvgIpc) is 2.85. The minimum atomic E-state index is -0.474. The number of nitrogens with one attached hydrogen (secondary N) is 1. The van der Waals surface area contributed by atoms with E-state index in [0.717, 1.165) is 5.69 Å². The second-order valence-corrected chi connectivity index (χ2v) is 4.99. The van der Waals surface area contributed by atoms with Crippen molar-refractivity contribution in [2.75, 3.05) is 0 Å². The van der Waals surface area contributed by atoms with Crippen LogP contribution in [-0.2, 0) is 6.54 Å². The number of benzene rings is 1. The topological polar surface area (TPSA) is 85.9 Å². The van der Waals surface area contributed by atoms with Gasteiger partial charge in [-0.3, -0.25) is 10.1 Å². The Labute approximate surface area is 120 Å². The van der Waals surface area contributed by atoms with Crippen LogP contribution in [0, 0.1) is 10.1 Å². The zero-order valence-corrected chi connectivity index (χ0v) is 11.8. The summed E-state index contributed by atoms with van der Waals surface area (Å²) in [7, 11) is 0. The van der Waals surface area contributed by atoms with Gasteiger partial charge in [-0.25, -0.2) is 4.68 Å². The fraction of sp³-hybridized carbons (Fsp3) is 0.333. The molecule has 1 heterocycles. The summed E-state index contributed by atoms with van der Waals surface area (Å²) in [6.45, 7) is 4.63. The van der Waals surface area contributed by atoms with Gasteiger partial charge >= 0.3 is 0 Å². The molecule has 1 aromatic heterocycles. The molecule has 0 saturated heterocycles. The number of rotatable bonds is 5. The minimum Gasteiger partial charge on any atom is -0.309 e. The lowest BCUT2D eigenvalue weighted by molar-refractivity contribution is -0.384. The van der Waals surface area contributed by atoms with Crippen molar-refractivity contribution < 1.29 is 4.92 Å². The van der Waals surface area contributed by atoms with Crippen molar-refractivity contribution in [1.29, 1.82) is 0 Å². The number of nitro benzene ring substituents is 1. The standard InChI is InChI=1S/C12H14ClN5O2/c1-8(2)14-6-9-7-17(16-15-9)12-5-10(18(19)20)3-4-11(12)13/h3-5,7-8,14H,6H2,1-2H3. The number of hydrogen-bond donors (Lipinski definition) is 1. The van der Waals surface area contributed by atoms with Gasteiger partial charge in [-0.2, -0.15) is 0 Å². The first kappa shape index (κ1) is 14.4. The monoisotopic (exact) mass is 295 g/mol. The number of halogens is 1. The van der Waals surface area contributed by atoms with Crippen LogP contribution in [0.1, 0.15) is 19.5 Å². The molecule has 2 aromatic rings. The molecule has 106 valence electrons. The number of aromatic nitrogens is 3. The van der Waals surface area contributed by atoms with Crippen LogP contribution in [0.2, 0.25) is 5.02 Å². The Bertz CT molecular complexity index is 626. The molecular formula is C12H14ClN5O2. The Balaban J connectivity index is 2.27. The zero-order valence-electron chi connectivity index (χ0n) is 11.1. The van der Waals surface area contributed by atoms with Crippen LogP contribution in [0.3, 0.4) is 0 Å². The molecule has 0 radical (unpaired) electrons. The van der Waals surface area contributed by atoms with E-state index in [1.54, 1.807) is 6.20 Å². The molecule has 0 unspecified atom stereocenters. The van der Waals surface area contributed by atoms with Gasteiger partial charge in [0, 0.05) is 24.7 Å². The summed E-state index contributed by atoms with van der Waals surface area (Å²) >= 11 is 6.05. The SMILES string of the molecule is CC(C)NCc1cn(-c2cc([N+](=O)[O-])ccc2Cl)nn1. The van der Waals surface area contributed by atoms with Crippen molar-refractivity contribution in [1.82, 2.24) is 20.3 Å². The van der Waals surface area contributed by atoms with Crippen LogP contribution in [0.5, 0.6) is 0 Å². The lowest BCUT2D eigenvalue weighted by atomic mass is 10.3. The van der Waals surface area contributed by atoms with Crippen LogP contribution >= 0.6 is 11.6 Å². The van der Waals surface area contributed by atoms with E-state index in [0.29, 0.717) is 23.3 Å². The van der Waals surface area contributed by atoms with E-state index in [1.807, 2.05) is 13.8 Å². The van der Waals surface area contributed by atoms with Crippen LogP contribution in [0.15, 0.2) is 24.4 Å². The first-order valence-corrected chi connectivity index (χ1v) is 6.44. The lowest BCUT2D eigenvalue weighted by Gasteiger charge is -2.04. The third kappa shape index (κ3) is 3.31. The maximum atomic E-state index is 10.8. The Morgan fingerprint density at radius 2 is 2.25 bits per heavy atom. The van der Waals surface area contributed by atoms with Crippen LogP contribution in [-0.4, -0.2) is 26.0 Å². The smallest absolute Gasteiger partial charge is 0.271 e. The van der Waals surface area contributed by atoms with E-state index in [9.17, 15) is 10.1 Å². The van der Waals surface area contributed by atoms with Crippen LogP contribution in [0.25, 0.3) is 5.69 Å². The molecule has 7 nitrogen and oxygen atoms in total. The van der Waals surface area contributed by atoms with Crippen molar-refractivity contribution in [2.45, 2.75) is 26.4 Å². The zero-order chi connectivity index (χ0) is 14.7. The van der Waals surface area contributed by atoms with Crippen molar-refractivity contribution in [2.24, 2.45) is 0 Å². The van der Waals surface area contributed by atoms with Crippen molar-refractivity contribution >= 4 is 17.3 Å². The molecule has 0 saturated carbocycles. The van der Waals surface area contributed by atoms with Gasteiger partial charge in [0.1, 0.15) is 0 Å². The van der Waals surface area contributed by atoms with Crippen molar-refractivity contribution in [3.8, 4) is 5.69 Å². The van der Waals surface area contributed by atoms with Crippen LogP contribution in [0.4, 0.5) is 5.69 Å². The Morgan fingerprint density at radius 1 is 1.50 bits per heavy atom. The molecule has 0 amide bonds. The highest BCUT2D eigenvalue weighted by atomic mass is 35.5. The molecule has 1 aromatic carbocycles. The molecule has 0 aliphatic rings. The highest BCUT2D eigenvalue weighted by Crippen LogP contribution is 2.24. The predicted octanol–water partition coefficient (Wildman–Crippen LogP) is 2.33. The summed E-state index contributed by atoms with van der Waals surface area (Å²) in [5, 5.41) is 22.3. The van der Waals surface area contributed by atoms with E-state index < -0.39 is 4.92 Å². The molecule has 0 aliphatic heterocycles. The molecule has 1 N–H and O–H groups in total. The van der Waals surface area contributed by atoms with Gasteiger partial charge in [0.25, 0.3) is 5.69 Å². The molecule has 0 spiro atoms. The Hall–Kier alpha value is -1.99. The molecule has 0 aliphatic carbocycles. The van der Waals surface area contributed by atoms with E-state index in [2.05, 4.69) is 15.6 Å². The highest BCUT2D eigenvalue weighted by Gasteiger charge is 2.13. The Morgan fingerprint density at radius 3 is 2.90 bits per heavy atom. The van der Waals surface area contributed by atoms with Gasteiger partial charge in [0.2, 0.25) is 0 Å².